The molecule has 0 bridgehead atoms. The van der Waals surface area contributed by atoms with Crippen LogP contribution in [0.3, 0.4) is 0 Å². The third-order valence-electron chi connectivity index (χ3n) is 3.04. The average molecular weight is 319 g/mol. The molecule has 1 aromatic carbocycles. The Labute approximate surface area is 137 Å². The summed E-state index contributed by atoms with van der Waals surface area (Å²) in [6.07, 6.45) is 5.96. The zero-order valence-electron chi connectivity index (χ0n) is 13.8. The number of nitrogens with one attached hydrogen (secondary N) is 1. The molecule has 0 heterocycles. The molecule has 1 N–H and O–H groups in total. The zero-order chi connectivity index (χ0) is 16.9. The number of alkyl carbamates (subject to hydrolysis) is 1. The average Bonchev–Trinajstić information content (AvgIpc) is 2.52. The standard InChI is InChI=1S/C18H25NO4/c1-15(23-16(2)20)10-6-3-4-9-13-19-18(21)22-14-17-11-7-5-8-12-17/h5-8,10-12,15H,3-4,9,13-14H2,1-2H3,(H,19,21)/b10-6+/t15-/m1/s1. The monoisotopic (exact) mass is 319 g/mol. The molecule has 5 nitrogen and oxygen atoms in total. The number of unbranched alkanes of at least 4 members (excludes halogenated alkanes) is 2. The quantitative estimate of drug-likeness (QED) is 0.429. The van der Waals surface area contributed by atoms with E-state index < -0.39 is 6.09 Å². The Morgan fingerprint density at radius 2 is 1.96 bits per heavy atom. The van der Waals surface area contributed by atoms with E-state index in [1.54, 1.807) is 0 Å². The van der Waals surface area contributed by atoms with E-state index in [9.17, 15) is 9.59 Å². The van der Waals surface area contributed by atoms with E-state index in [0.717, 1.165) is 24.8 Å². The molecule has 0 aliphatic heterocycles. The maximum absolute atomic E-state index is 11.5. The Hall–Kier alpha value is -2.30. The fraction of sp³-hybridized carbons (Fsp3) is 0.444. The number of hydrogen-bond acceptors (Lipinski definition) is 4. The van der Waals surface area contributed by atoms with Crippen molar-refractivity contribution in [2.45, 2.75) is 45.8 Å². The first-order valence-electron chi connectivity index (χ1n) is 7.86. The topological polar surface area (TPSA) is 64.6 Å². The number of esters is 1. The lowest BCUT2D eigenvalue weighted by molar-refractivity contribution is -0.143. The molecule has 0 aliphatic rings. The summed E-state index contributed by atoms with van der Waals surface area (Å²) in [7, 11) is 0. The van der Waals surface area contributed by atoms with Crippen molar-refractivity contribution >= 4 is 12.1 Å². The molecule has 0 unspecified atom stereocenters. The highest BCUT2D eigenvalue weighted by atomic mass is 16.5. The normalized spacial score (nSPS) is 11.9. The van der Waals surface area contributed by atoms with Crippen molar-refractivity contribution in [3.8, 4) is 0 Å². The molecule has 126 valence electrons. The van der Waals surface area contributed by atoms with Gasteiger partial charge in [0.25, 0.3) is 0 Å². The summed E-state index contributed by atoms with van der Waals surface area (Å²) in [5.41, 5.74) is 0.967. The number of amides is 1. The third-order valence-corrected chi connectivity index (χ3v) is 3.04. The first-order chi connectivity index (χ1) is 11.1. The third kappa shape index (κ3) is 10.1. The first-order valence-corrected chi connectivity index (χ1v) is 7.86. The van der Waals surface area contributed by atoms with Crippen molar-refractivity contribution in [1.29, 1.82) is 0 Å². The molecule has 0 aromatic heterocycles. The van der Waals surface area contributed by atoms with Crippen LogP contribution in [0.2, 0.25) is 0 Å². The molecule has 0 radical (unpaired) electrons. The molecule has 1 amide bonds. The van der Waals surface area contributed by atoms with Crippen LogP contribution in [0.15, 0.2) is 42.5 Å². The lowest BCUT2D eigenvalue weighted by atomic mass is 10.2. The number of hydrogen-bond donors (Lipinski definition) is 1. The van der Waals surface area contributed by atoms with E-state index in [0.29, 0.717) is 6.54 Å². The number of ether oxygens (including phenoxy) is 2. The maximum atomic E-state index is 11.5. The van der Waals surface area contributed by atoms with Crippen LogP contribution < -0.4 is 5.32 Å². The van der Waals surface area contributed by atoms with Crippen molar-refractivity contribution in [1.82, 2.24) is 5.32 Å². The highest BCUT2D eigenvalue weighted by molar-refractivity contribution is 5.67. The Balaban J connectivity index is 2.01. The van der Waals surface area contributed by atoms with Gasteiger partial charge in [-0.25, -0.2) is 4.79 Å². The van der Waals surface area contributed by atoms with Gasteiger partial charge < -0.3 is 14.8 Å². The smallest absolute Gasteiger partial charge is 0.407 e. The molecule has 0 spiro atoms. The molecule has 1 rings (SSSR count). The highest BCUT2D eigenvalue weighted by Gasteiger charge is 2.01. The van der Waals surface area contributed by atoms with Crippen molar-refractivity contribution < 1.29 is 19.1 Å². The van der Waals surface area contributed by atoms with E-state index in [-0.39, 0.29) is 18.7 Å². The van der Waals surface area contributed by atoms with Crippen LogP contribution in [0.25, 0.3) is 0 Å². The van der Waals surface area contributed by atoms with Gasteiger partial charge in [0.2, 0.25) is 0 Å². The van der Waals surface area contributed by atoms with Gasteiger partial charge in [-0.1, -0.05) is 36.4 Å². The van der Waals surface area contributed by atoms with Gasteiger partial charge in [0.1, 0.15) is 12.7 Å². The molecule has 1 aromatic rings. The van der Waals surface area contributed by atoms with Crippen LogP contribution in [0, 0.1) is 0 Å². The van der Waals surface area contributed by atoms with Gasteiger partial charge in [-0.3, -0.25) is 4.79 Å². The molecule has 0 fully saturated rings. The summed E-state index contributed by atoms with van der Waals surface area (Å²) < 4.78 is 10.1. The Bertz CT molecular complexity index is 499. The number of rotatable bonds is 9. The van der Waals surface area contributed by atoms with Gasteiger partial charge >= 0.3 is 12.1 Å². The summed E-state index contributed by atoms with van der Waals surface area (Å²) in [5, 5.41) is 2.72. The van der Waals surface area contributed by atoms with Crippen LogP contribution in [0.1, 0.15) is 38.7 Å². The van der Waals surface area contributed by atoms with Gasteiger partial charge in [0.05, 0.1) is 0 Å². The Kier molecular flexibility index (Phi) is 9.20. The van der Waals surface area contributed by atoms with Gasteiger partial charge in [-0.15, -0.1) is 0 Å². The van der Waals surface area contributed by atoms with E-state index in [4.69, 9.17) is 9.47 Å². The van der Waals surface area contributed by atoms with Crippen LogP contribution in [-0.2, 0) is 20.9 Å². The molecule has 0 saturated heterocycles. The number of allylic oxidation sites excluding steroid dienone is 1. The minimum Gasteiger partial charge on any atom is -0.459 e. The number of carbonyl (C=O) groups excluding carboxylic acids is 2. The Morgan fingerprint density at radius 1 is 1.22 bits per heavy atom. The molecule has 1 atom stereocenters. The van der Waals surface area contributed by atoms with Crippen molar-refractivity contribution in [3.63, 3.8) is 0 Å². The van der Waals surface area contributed by atoms with Crippen LogP contribution >= 0.6 is 0 Å². The van der Waals surface area contributed by atoms with Crippen molar-refractivity contribution in [3.05, 3.63) is 48.0 Å². The first kappa shape index (κ1) is 18.7. The van der Waals surface area contributed by atoms with Crippen LogP contribution in [-0.4, -0.2) is 24.7 Å². The molecular weight excluding hydrogens is 294 g/mol. The van der Waals surface area contributed by atoms with Crippen LogP contribution in [0.4, 0.5) is 4.79 Å². The SMILES string of the molecule is CC(=O)O[C@H](C)/C=C/CCCCNC(=O)OCc1ccccc1. The molecule has 0 saturated carbocycles. The predicted molar refractivity (Wildman–Crippen MR) is 88.8 cm³/mol. The summed E-state index contributed by atoms with van der Waals surface area (Å²) in [6.45, 7) is 4.08. The maximum Gasteiger partial charge on any atom is 0.407 e. The summed E-state index contributed by atoms with van der Waals surface area (Å²) in [6, 6.07) is 9.57. The van der Waals surface area contributed by atoms with Crippen LogP contribution in [0.5, 0.6) is 0 Å². The summed E-state index contributed by atoms with van der Waals surface area (Å²) >= 11 is 0. The number of carbonyl (C=O) groups is 2. The fourth-order valence-corrected chi connectivity index (χ4v) is 1.94. The molecule has 23 heavy (non-hydrogen) atoms. The Morgan fingerprint density at radius 3 is 2.65 bits per heavy atom. The van der Waals surface area contributed by atoms with E-state index >= 15 is 0 Å². The van der Waals surface area contributed by atoms with Gasteiger partial charge in [-0.2, -0.15) is 0 Å². The van der Waals surface area contributed by atoms with Gasteiger partial charge in [0, 0.05) is 13.5 Å². The van der Waals surface area contributed by atoms with E-state index in [1.165, 1.54) is 6.92 Å². The molecule has 0 aliphatic carbocycles. The zero-order valence-corrected chi connectivity index (χ0v) is 13.8. The lowest BCUT2D eigenvalue weighted by Crippen LogP contribution is -2.25. The fourth-order valence-electron chi connectivity index (χ4n) is 1.94. The molecular formula is C18H25NO4. The summed E-state index contributed by atoms with van der Waals surface area (Å²) in [4.78, 5) is 22.2. The highest BCUT2D eigenvalue weighted by Crippen LogP contribution is 2.01. The lowest BCUT2D eigenvalue weighted by Gasteiger charge is -2.07. The number of benzene rings is 1. The van der Waals surface area contributed by atoms with Crippen molar-refractivity contribution in [2.75, 3.05) is 6.54 Å². The van der Waals surface area contributed by atoms with Gasteiger partial charge in [-0.05, 0) is 37.8 Å². The van der Waals surface area contributed by atoms with Gasteiger partial charge in [0.15, 0.2) is 0 Å². The predicted octanol–water partition coefficient (Wildman–Crippen LogP) is 3.59. The van der Waals surface area contributed by atoms with Crippen molar-refractivity contribution in [2.24, 2.45) is 0 Å². The second-order valence-electron chi connectivity index (χ2n) is 5.23. The van der Waals surface area contributed by atoms with E-state index in [2.05, 4.69) is 5.32 Å². The summed E-state index contributed by atoms with van der Waals surface area (Å²) in [5.74, 6) is -0.277. The second kappa shape index (κ2) is 11.3. The minimum atomic E-state index is -0.395. The minimum absolute atomic E-state index is 0.196. The largest absolute Gasteiger partial charge is 0.459 e. The van der Waals surface area contributed by atoms with E-state index in [1.807, 2.05) is 49.4 Å². The molecule has 5 heteroatoms. The second-order valence-corrected chi connectivity index (χ2v) is 5.23.